The Hall–Kier alpha value is -1.86. The maximum atomic E-state index is 11.0. The highest BCUT2D eigenvalue weighted by Gasteiger charge is 2.19. The fourth-order valence-electron chi connectivity index (χ4n) is 1.67. The number of nitro benzene ring substituents is 1. The smallest absolute Gasteiger partial charge is 0.276 e. The summed E-state index contributed by atoms with van der Waals surface area (Å²) in [5.41, 5.74) is 0.359. The number of hydrogen-bond acceptors (Lipinski definition) is 6. The van der Waals surface area contributed by atoms with Crippen molar-refractivity contribution in [3.8, 4) is 11.5 Å². The minimum atomic E-state index is -1.53. The first-order valence-electron chi connectivity index (χ1n) is 5.58. The quantitative estimate of drug-likeness (QED) is 0.436. The van der Waals surface area contributed by atoms with E-state index >= 15 is 0 Å². The van der Waals surface area contributed by atoms with Gasteiger partial charge < -0.3 is 19.7 Å². The summed E-state index contributed by atoms with van der Waals surface area (Å²) in [5, 5.41) is 28.4. The van der Waals surface area contributed by atoms with Crippen molar-refractivity contribution in [2.24, 2.45) is 0 Å². The molecular formula is C12H16NO6. The Morgan fingerprint density at radius 2 is 1.89 bits per heavy atom. The van der Waals surface area contributed by atoms with Crippen LogP contribution in [0.2, 0.25) is 0 Å². The van der Waals surface area contributed by atoms with E-state index in [4.69, 9.17) is 19.7 Å². The third kappa shape index (κ3) is 4.08. The molecule has 1 rings (SSSR count). The normalized spacial score (nSPS) is 10.6. The summed E-state index contributed by atoms with van der Waals surface area (Å²) < 4.78 is 10.1. The topological polar surface area (TPSA) is 102 Å². The maximum Gasteiger partial charge on any atom is 0.276 e. The fourth-order valence-corrected chi connectivity index (χ4v) is 1.67. The highest BCUT2D eigenvalue weighted by atomic mass is 16.6. The second-order valence-corrected chi connectivity index (χ2v) is 3.78. The Labute approximate surface area is 110 Å². The third-order valence-corrected chi connectivity index (χ3v) is 2.57. The van der Waals surface area contributed by atoms with E-state index in [1.807, 2.05) is 0 Å². The Bertz CT molecular complexity index is 446. The predicted molar refractivity (Wildman–Crippen MR) is 67.0 cm³/mol. The molecular weight excluding hydrogens is 254 g/mol. The number of hydrogen-bond donors (Lipinski definition) is 2. The Balaban J connectivity index is 3.02. The molecule has 19 heavy (non-hydrogen) atoms. The number of nitro groups is 1. The first kappa shape index (κ1) is 15.2. The van der Waals surface area contributed by atoms with Gasteiger partial charge in [-0.2, -0.15) is 0 Å². The van der Waals surface area contributed by atoms with Crippen LogP contribution in [0, 0.1) is 16.5 Å². The van der Waals surface area contributed by atoms with Gasteiger partial charge in [0.25, 0.3) is 5.69 Å². The molecule has 0 aliphatic rings. The number of aryl methyl sites for hydroxylation is 1. The second kappa shape index (κ2) is 6.91. The zero-order chi connectivity index (χ0) is 14.4. The van der Waals surface area contributed by atoms with Crippen LogP contribution in [0.5, 0.6) is 11.5 Å². The van der Waals surface area contributed by atoms with Gasteiger partial charge in [-0.25, -0.2) is 0 Å². The number of nitrogens with zero attached hydrogens (tertiary/aromatic N) is 1. The van der Waals surface area contributed by atoms with Gasteiger partial charge >= 0.3 is 0 Å². The van der Waals surface area contributed by atoms with Crippen LogP contribution in [0.1, 0.15) is 12.0 Å². The van der Waals surface area contributed by atoms with Crippen LogP contribution in [0.4, 0.5) is 5.69 Å². The molecule has 1 aromatic rings. The van der Waals surface area contributed by atoms with Gasteiger partial charge in [-0.15, -0.1) is 0 Å². The molecule has 1 radical (unpaired) electrons. The number of aliphatic hydroxyl groups is 2. The van der Waals surface area contributed by atoms with E-state index in [0.717, 1.165) is 0 Å². The van der Waals surface area contributed by atoms with Crippen molar-refractivity contribution in [3.05, 3.63) is 34.2 Å². The van der Waals surface area contributed by atoms with Gasteiger partial charge in [0.2, 0.25) is 0 Å². The molecule has 0 bridgehead atoms. The lowest BCUT2D eigenvalue weighted by molar-refractivity contribution is -0.385. The highest BCUT2D eigenvalue weighted by molar-refractivity contribution is 5.54. The Morgan fingerprint density at radius 1 is 1.32 bits per heavy atom. The van der Waals surface area contributed by atoms with E-state index < -0.39 is 11.2 Å². The van der Waals surface area contributed by atoms with Gasteiger partial charge in [0, 0.05) is 12.0 Å². The fraction of sp³-hybridized carbons (Fsp3) is 0.417. The molecule has 0 atom stereocenters. The summed E-state index contributed by atoms with van der Waals surface area (Å²) in [5.74, 6) is 0.678. The number of aliphatic hydroxyl groups excluding tert-OH is 1. The molecule has 0 heterocycles. The molecule has 0 saturated carbocycles. The maximum absolute atomic E-state index is 11.0. The summed E-state index contributed by atoms with van der Waals surface area (Å²) in [6.07, 6.45) is 0.321. The van der Waals surface area contributed by atoms with Gasteiger partial charge in [0.1, 0.15) is 0 Å². The molecule has 0 saturated heterocycles. The highest BCUT2D eigenvalue weighted by Crippen LogP contribution is 2.35. The lowest BCUT2D eigenvalue weighted by atomic mass is 10.0. The number of rotatable bonds is 7. The number of ether oxygens (including phenoxy) is 2. The van der Waals surface area contributed by atoms with E-state index in [0.29, 0.717) is 24.2 Å². The number of methoxy groups -OCH3 is 2. The average Bonchev–Trinajstić information content (AvgIpc) is 2.37. The van der Waals surface area contributed by atoms with Crippen LogP contribution < -0.4 is 9.47 Å². The number of benzene rings is 1. The van der Waals surface area contributed by atoms with E-state index in [-0.39, 0.29) is 11.4 Å². The monoisotopic (exact) mass is 270 g/mol. The molecule has 0 aliphatic heterocycles. The molecule has 0 unspecified atom stereocenters. The first-order chi connectivity index (χ1) is 8.99. The van der Waals surface area contributed by atoms with E-state index in [1.165, 1.54) is 32.8 Å². The second-order valence-electron chi connectivity index (χ2n) is 3.78. The molecule has 105 valence electrons. The van der Waals surface area contributed by atoms with Crippen molar-refractivity contribution in [2.75, 3.05) is 14.2 Å². The van der Waals surface area contributed by atoms with Crippen molar-refractivity contribution in [3.63, 3.8) is 0 Å². The van der Waals surface area contributed by atoms with Gasteiger partial charge in [0.15, 0.2) is 17.8 Å². The predicted octanol–water partition coefficient (Wildman–Crippen LogP) is 1.06. The summed E-state index contributed by atoms with van der Waals surface area (Å²) in [6, 6.07) is 2.82. The molecule has 0 amide bonds. The van der Waals surface area contributed by atoms with E-state index in [9.17, 15) is 10.1 Å². The Kier molecular flexibility index (Phi) is 5.53. The minimum Gasteiger partial charge on any atom is -0.493 e. The van der Waals surface area contributed by atoms with Gasteiger partial charge in [-0.05, 0) is 18.9 Å². The van der Waals surface area contributed by atoms with Crippen LogP contribution in [-0.4, -0.2) is 35.6 Å². The van der Waals surface area contributed by atoms with Crippen molar-refractivity contribution < 1.29 is 24.6 Å². The summed E-state index contributed by atoms with van der Waals surface area (Å²) in [4.78, 5) is 10.5. The van der Waals surface area contributed by atoms with Gasteiger partial charge in [0.05, 0.1) is 25.2 Å². The van der Waals surface area contributed by atoms with Crippen LogP contribution in [-0.2, 0) is 6.42 Å². The van der Waals surface area contributed by atoms with E-state index in [1.54, 1.807) is 0 Å². The van der Waals surface area contributed by atoms with Crippen LogP contribution in [0.15, 0.2) is 12.1 Å². The molecule has 7 heteroatoms. The zero-order valence-corrected chi connectivity index (χ0v) is 10.7. The minimum absolute atomic E-state index is 0.0847. The van der Waals surface area contributed by atoms with Gasteiger partial charge in [-0.3, -0.25) is 10.1 Å². The van der Waals surface area contributed by atoms with Crippen molar-refractivity contribution in [1.82, 2.24) is 0 Å². The first-order valence-corrected chi connectivity index (χ1v) is 5.58. The largest absolute Gasteiger partial charge is 0.493 e. The summed E-state index contributed by atoms with van der Waals surface area (Å²) in [6.45, 7) is 0. The Morgan fingerprint density at radius 3 is 2.37 bits per heavy atom. The molecule has 0 aromatic heterocycles. The molecule has 2 N–H and O–H groups in total. The van der Waals surface area contributed by atoms with Crippen molar-refractivity contribution >= 4 is 5.69 Å². The molecule has 0 aliphatic carbocycles. The molecule has 0 spiro atoms. The zero-order valence-electron chi connectivity index (χ0n) is 10.7. The molecule has 1 aromatic carbocycles. The lowest BCUT2D eigenvalue weighted by Crippen LogP contribution is -2.06. The average molecular weight is 270 g/mol. The molecule has 7 nitrogen and oxygen atoms in total. The summed E-state index contributed by atoms with van der Waals surface area (Å²) in [7, 11) is 2.84. The van der Waals surface area contributed by atoms with Crippen LogP contribution >= 0.6 is 0 Å². The standard InChI is InChI=1S/C12H16NO6/c1-18-10-6-8(4-3-5-12(14)15)9(13(16)17)7-11(10)19-2/h5-7,12,14-15H,3-4H2,1-2H3. The van der Waals surface area contributed by atoms with E-state index in [2.05, 4.69) is 0 Å². The van der Waals surface area contributed by atoms with Crippen molar-refractivity contribution in [1.29, 1.82) is 0 Å². The molecule has 0 fully saturated rings. The van der Waals surface area contributed by atoms with Crippen LogP contribution in [0.3, 0.4) is 0 Å². The third-order valence-electron chi connectivity index (χ3n) is 2.57. The SMILES string of the molecule is COc1cc(CC[CH]C(O)O)c([N+](=O)[O-])cc1OC. The van der Waals surface area contributed by atoms with Crippen LogP contribution in [0.25, 0.3) is 0 Å². The van der Waals surface area contributed by atoms with Crippen molar-refractivity contribution in [2.45, 2.75) is 19.1 Å². The summed E-state index contributed by atoms with van der Waals surface area (Å²) >= 11 is 0. The lowest BCUT2D eigenvalue weighted by Gasteiger charge is -2.10. The van der Waals surface area contributed by atoms with Gasteiger partial charge in [-0.1, -0.05) is 0 Å².